The van der Waals surface area contributed by atoms with Crippen LogP contribution < -0.4 is 5.32 Å². The lowest BCUT2D eigenvalue weighted by molar-refractivity contribution is -0.386. The average molecular weight is 266 g/mol. The molecular formula is C12H14N2O5. The summed E-state index contributed by atoms with van der Waals surface area (Å²) in [4.78, 5) is 32.8. The monoisotopic (exact) mass is 266 g/mol. The van der Waals surface area contributed by atoms with E-state index in [-0.39, 0.29) is 11.3 Å². The second-order valence-electron chi connectivity index (χ2n) is 4.25. The predicted molar refractivity (Wildman–Crippen MR) is 67.1 cm³/mol. The number of rotatable bonds is 4. The van der Waals surface area contributed by atoms with Gasteiger partial charge in [0.1, 0.15) is 6.04 Å². The summed E-state index contributed by atoms with van der Waals surface area (Å²) in [5.41, 5.74) is 0.882. The van der Waals surface area contributed by atoms with Gasteiger partial charge in [-0.05, 0) is 32.9 Å². The maximum atomic E-state index is 11.8. The lowest BCUT2D eigenvalue weighted by Gasteiger charge is -2.10. The molecule has 1 aromatic rings. The molecule has 0 saturated carbocycles. The maximum absolute atomic E-state index is 11.8. The summed E-state index contributed by atoms with van der Waals surface area (Å²) in [6.07, 6.45) is 0. The second kappa shape index (κ2) is 5.47. The highest BCUT2D eigenvalue weighted by molar-refractivity contribution is 5.97. The highest BCUT2D eigenvalue weighted by Gasteiger charge is 2.20. The van der Waals surface area contributed by atoms with Crippen LogP contribution in [-0.4, -0.2) is 27.9 Å². The van der Waals surface area contributed by atoms with Gasteiger partial charge in [-0.15, -0.1) is 0 Å². The van der Waals surface area contributed by atoms with E-state index < -0.39 is 22.8 Å². The topological polar surface area (TPSA) is 110 Å². The zero-order chi connectivity index (χ0) is 14.7. The van der Waals surface area contributed by atoms with Crippen LogP contribution in [0.25, 0.3) is 0 Å². The SMILES string of the molecule is Cc1cc(C(=O)N[C@H](C)C(=O)O)cc(C)c1[N+](=O)[O-]. The van der Waals surface area contributed by atoms with Gasteiger partial charge in [0.2, 0.25) is 0 Å². The van der Waals surface area contributed by atoms with E-state index in [0.717, 1.165) is 0 Å². The molecule has 1 amide bonds. The van der Waals surface area contributed by atoms with Crippen LogP contribution in [0.2, 0.25) is 0 Å². The fourth-order valence-electron chi connectivity index (χ4n) is 1.72. The molecule has 0 saturated heterocycles. The summed E-state index contributed by atoms with van der Waals surface area (Å²) < 4.78 is 0. The van der Waals surface area contributed by atoms with Crippen molar-refractivity contribution in [1.82, 2.24) is 5.32 Å². The smallest absolute Gasteiger partial charge is 0.325 e. The van der Waals surface area contributed by atoms with Crippen molar-refractivity contribution in [2.75, 3.05) is 0 Å². The van der Waals surface area contributed by atoms with Gasteiger partial charge < -0.3 is 10.4 Å². The molecule has 0 bridgehead atoms. The molecule has 0 aromatic heterocycles. The first-order valence-corrected chi connectivity index (χ1v) is 5.53. The summed E-state index contributed by atoms with van der Waals surface area (Å²) in [6.45, 7) is 4.40. The number of nitrogens with zero attached hydrogens (tertiary/aromatic N) is 1. The van der Waals surface area contributed by atoms with Crippen molar-refractivity contribution in [2.45, 2.75) is 26.8 Å². The first-order valence-electron chi connectivity index (χ1n) is 5.53. The zero-order valence-corrected chi connectivity index (χ0v) is 10.8. The molecule has 19 heavy (non-hydrogen) atoms. The van der Waals surface area contributed by atoms with Crippen LogP contribution in [0.5, 0.6) is 0 Å². The molecule has 0 aliphatic carbocycles. The number of carboxylic acids is 1. The van der Waals surface area contributed by atoms with Gasteiger partial charge in [-0.25, -0.2) is 0 Å². The van der Waals surface area contributed by atoms with Crippen molar-refractivity contribution >= 4 is 17.6 Å². The summed E-state index contributed by atoms with van der Waals surface area (Å²) in [7, 11) is 0. The minimum absolute atomic E-state index is 0.0390. The number of nitro groups is 1. The van der Waals surface area contributed by atoms with E-state index in [4.69, 9.17) is 5.11 Å². The average Bonchev–Trinajstić information content (AvgIpc) is 2.26. The van der Waals surface area contributed by atoms with Gasteiger partial charge in [0.25, 0.3) is 11.6 Å². The molecule has 0 radical (unpaired) electrons. The van der Waals surface area contributed by atoms with E-state index in [1.807, 2.05) is 0 Å². The Morgan fingerprint density at radius 2 is 1.79 bits per heavy atom. The van der Waals surface area contributed by atoms with Crippen LogP contribution in [-0.2, 0) is 4.79 Å². The lowest BCUT2D eigenvalue weighted by atomic mass is 10.0. The number of nitro benzene ring substituents is 1. The number of carboxylic acid groups (broad SMARTS) is 1. The van der Waals surface area contributed by atoms with Crippen molar-refractivity contribution in [3.8, 4) is 0 Å². The Morgan fingerprint density at radius 3 is 2.16 bits per heavy atom. The van der Waals surface area contributed by atoms with Gasteiger partial charge in [-0.3, -0.25) is 19.7 Å². The Labute approximate surface area is 109 Å². The zero-order valence-electron chi connectivity index (χ0n) is 10.8. The molecule has 0 aliphatic heterocycles. The molecule has 102 valence electrons. The number of hydrogen-bond donors (Lipinski definition) is 2. The summed E-state index contributed by atoms with van der Waals surface area (Å²) >= 11 is 0. The number of carbonyl (C=O) groups excluding carboxylic acids is 1. The number of carbonyl (C=O) groups is 2. The first kappa shape index (κ1) is 14.6. The number of nitrogens with one attached hydrogen (secondary N) is 1. The van der Waals surface area contributed by atoms with E-state index in [9.17, 15) is 19.7 Å². The molecule has 1 aromatic carbocycles. The number of aliphatic carboxylic acids is 1. The van der Waals surface area contributed by atoms with Gasteiger partial charge >= 0.3 is 5.97 Å². The van der Waals surface area contributed by atoms with Crippen molar-refractivity contribution in [1.29, 1.82) is 0 Å². The van der Waals surface area contributed by atoms with Crippen LogP contribution in [0.4, 0.5) is 5.69 Å². The highest BCUT2D eigenvalue weighted by Crippen LogP contribution is 2.24. The molecule has 0 spiro atoms. The number of benzene rings is 1. The number of amides is 1. The lowest BCUT2D eigenvalue weighted by Crippen LogP contribution is -2.38. The third-order valence-electron chi connectivity index (χ3n) is 2.65. The molecule has 7 heteroatoms. The summed E-state index contributed by atoms with van der Waals surface area (Å²) in [6, 6.07) is 1.72. The third kappa shape index (κ3) is 3.27. The largest absolute Gasteiger partial charge is 0.480 e. The van der Waals surface area contributed by atoms with Crippen LogP contribution >= 0.6 is 0 Å². The minimum Gasteiger partial charge on any atom is -0.480 e. The highest BCUT2D eigenvalue weighted by atomic mass is 16.6. The summed E-state index contributed by atoms with van der Waals surface area (Å²) in [5, 5.41) is 21.8. The molecule has 1 atom stereocenters. The quantitative estimate of drug-likeness (QED) is 0.632. The molecule has 0 aliphatic rings. The fourth-order valence-corrected chi connectivity index (χ4v) is 1.72. The van der Waals surface area contributed by atoms with Crippen molar-refractivity contribution in [3.05, 3.63) is 38.9 Å². The van der Waals surface area contributed by atoms with Crippen LogP contribution in [0.1, 0.15) is 28.4 Å². The van der Waals surface area contributed by atoms with Gasteiger partial charge in [0.05, 0.1) is 4.92 Å². The van der Waals surface area contributed by atoms with Crippen molar-refractivity contribution < 1.29 is 19.6 Å². The molecule has 0 unspecified atom stereocenters. The molecule has 7 nitrogen and oxygen atoms in total. The Kier molecular flexibility index (Phi) is 4.21. The number of aryl methyl sites for hydroxylation is 2. The Morgan fingerprint density at radius 1 is 1.32 bits per heavy atom. The third-order valence-corrected chi connectivity index (χ3v) is 2.65. The second-order valence-corrected chi connectivity index (χ2v) is 4.25. The van der Waals surface area contributed by atoms with E-state index in [2.05, 4.69) is 5.32 Å². The van der Waals surface area contributed by atoms with Gasteiger partial charge in [-0.1, -0.05) is 0 Å². The van der Waals surface area contributed by atoms with Gasteiger partial charge in [0, 0.05) is 16.7 Å². The fraction of sp³-hybridized carbons (Fsp3) is 0.333. The van der Waals surface area contributed by atoms with E-state index in [1.54, 1.807) is 0 Å². The standard InChI is InChI=1S/C12H14N2O5/c1-6-4-9(5-7(2)10(6)14(18)19)11(15)13-8(3)12(16)17/h4-5,8H,1-3H3,(H,13,15)(H,16,17)/t8-/m1/s1. The van der Waals surface area contributed by atoms with E-state index in [0.29, 0.717) is 11.1 Å². The minimum atomic E-state index is -1.15. The van der Waals surface area contributed by atoms with Crippen molar-refractivity contribution in [2.24, 2.45) is 0 Å². The Hall–Kier alpha value is -2.44. The van der Waals surface area contributed by atoms with Crippen LogP contribution in [0.3, 0.4) is 0 Å². The summed E-state index contributed by atoms with van der Waals surface area (Å²) in [5.74, 6) is -1.72. The Bertz CT molecular complexity index is 530. The van der Waals surface area contributed by atoms with E-state index in [1.165, 1.54) is 32.9 Å². The maximum Gasteiger partial charge on any atom is 0.325 e. The van der Waals surface area contributed by atoms with Crippen molar-refractivity contribution in [3.63, 3.8) is 0 Å². The first-order chi connectivity index (χ1) is 8.73. The predicted octanol–water partition coefficient (Wildman–Crippen LogP) is 1.41. The molecule has 1 rings (SSSR count). The normalized spacial score (nSPS) is 11.7. The number of hydrogen-bond acceptors (Lipinski definition) is 4. The Balaban J connectivity index is 3.07. The van der Waals surface area contributed by atoms with Gasteiger partial charge in [-0.2, -0.15) is 0 Å². The van der Waals surface area contributed by atoms with Crippen LogP contribution in [0, 0.1) is 24.0 Å². The van der Waals surface area contributed by atoms with Crippen LogP contribution in [0.15, 0.2) is 12.1 Å². The molecule has 2 N–H and O–H groups in total. The van der Waals surface area contributed by atoms with Gasteiger partial charge in [0.15, 0.2) is 0 Å². The van der Waals surface area contributed by atoms with E-state index >= 15 is 0 Å². The molecule has 0 heterocycles. The molecular weight excluding hydrogens is 252 g/mol. The molecule has 0 fully saturated rings.